The summed E-state index contributed by atoms with van der Waals surface area (Å²) >= 11 is 0. The van der Waals surface area contributed by atoms with Gasteiger partial charge in [-0.2, -0.15) is 0 Å². The molecule has 2 atom stereocenters. The first-order valence-electron chi connectivity index (χ1n) is 7.76. The molecule has 17 heavy (non-hydrogen) atoms. The van der Waals surface area contributed by atoms with Crippen molar-refractivity contribution in [1.29, 1.82) is 0 Å². The molecular weight excluding hydrogens is 208 g/mol. The van der Waals surface area contributed by atoms with E-state index in [1.54, 1.807) is 0 Å². The summed E-state index contributed by atoms with van der Waals surface area (Å²) in [5, 5.41) is 10.2. The van der Waals surface area contributed by atoms with E-state index in [1.165, 1.54) is 44.9 Å². The van der Waals surface area contributed by atoms with Gasteiger partial charge in [0.1, 0.15) is 0 Å². The van der Waals surface area contributed by atoms with Crippen molar-refractivity contribution < 1.29 is 5.11 Å². The number of hydrogen-bond acceptors (Lipinski definition) is 1. The Kier molecular flexibility index (Phi) is 7.18. The minimum Gasteiger partial charge on any atom is -0.393 e. The molecule has 0 radical (unpaired) electrons. The molecular formula is C16H32O. The lowest BCUT2D eigenvalue weighted by Gasteiger charge is -2.22. The Hall–Kier alpha value is -0.0400. The Morgan fingerprint density at radius 2 is 1.53 bits per heavy atom. The zero-order valence-corrected chi connectivity index (χ0v) is 12.1. The number of hydrogen-bond donors (Lipinski definition) is 1. The van der Waals surface area contributed by atoms with Crippen molar-refractivity contribution >= 4 is 0 Å². The van der Waals surface area contributed by atoms with Gasteiger partial charge >= 0.3 is 0 Å². The van der Waals surface area contributed by atoms with Crippen molar-refractivity contribution in [2.24, 2.45) is 17.8 Å². The number of aliphatic hydroxyl groups excluding tert-OH is 1. The van der Waals surface area contributed by atoms with E-state index in [4.69, 9.17) is 0 Å². The maximum Gasteiger partial charge on any atom is 0.0545 e. The van der Waals surface area contributed by atoms with Gasteiger partial charge in [0.15, 0.2) is 0 Å². The van der Waals surface area contributed by atoms with Crippen LogP contribution in [0.5, 0.6) is 0 Å². The topological polar surface area (TPSA) is 20.2 Å². The smallest absolute Gasteiger partial charge is 0.0545 e. The Balaban J connectivity index is 2.20. The molecule has 0 bridgehead atoms. The van der Waals surface area contributed by atoms with Crippen molar-refractivity contribution in [1.82, 2.24) is 0 Å². The quantitative estimate of drug-likeness (QED) is 0.662. The molecule has 1 nitrogen and oxygen atoms in total. The largest absolute Gasteiger partial charge is 0.393 e. The van der Waals surface area contributed by atoms with Crippen LogP contribution in [0.1, 0.15) is 78.6 Å². The van der Waals surface area contributed by atoms with E-state index < -0.39 is 0 Å². The molecule has 1 aliphatic carbocycles. The van der Waals surface area contributed by atoms with E-state index in [2.05, 4.69) is 20.8 Å². The second-order valence-corrected chi connectivity index (χ2v) is 6.72. The van der Waals surface area contributed by atoms with E-state index in [-0.39, 0.29) is 6.10 Å². The Morgan fingerprint density at radius 3 is 2.06 bits per heavy atom. The van der Waals surface area contributed by atoms with Crippen molar-refractivity contribution in [3.63, 3.8) is 0 Å². The van der Waals surface area contributed by atoms with Gasteiger partial charge in [-0.3, -0.25) is 0 Å². The fourth-order valence-electron chi connectivity index (χ4n) is 3.45. The lowest BCUT2D eigenvalue weighted by molar-refractivity contribution is 0.109. The molecule has 0 spiro atoms. The first-order chi connectivity index (χ1) is 8.08. The van der Waals surface area contributed by atoms with Gasteiger partial charge in [0.25, 0.3) is 0 Å². The monoisotopic (exact) mass is 240 g/mol. The van der Waals surface area contributed by atoms with Crippen molar-refractivity contribution in [2.45, 2.75) is 84.7 Å². The molecule has 1 rings (SSSR count). The lowest BCUT2D eigenvalue weighted by atomic mass is 9.88. The third-order valence-electron chi connectivity index (χ3n) is 4.13. The second-order valence-electron chi connectivity index (χ2n) is 6.72. The maximum absolute atomic E-state index is 10.2. The van der Waals surface area contributed by atoms with Crippen LogP contribution in [0.15, 0.2) is 0 Å². The van der Waals surface area contributed by atoms with E-state index in [0.29, 0.717) is 5.92 Å². The van der Waals surface area contributed by atoms with Gasteiger partial charge in [0.2, 0.25) is 0 Å². The van der Waals surface area contributed by atoms with E-state index in [9.17, 15) is 5.11 Å². The van der Waals surface area contributed by atoms with Gasteiger partial charge < -0.3 is 5.11 Å². The summed E-state index contributed by atoms with van der Waals surface area (Å²) in [5.74, 6) is 2.24. The number of aliphatic hydroxyl groups is 1. The van der Waals surface area contributed by atoms with Crippen LogP contribution in [-0.2, 0) is 0 Å². The van der Waals surface area contributed by atoms with Gasteiger partial charge in [-0.15, -0.1) is 0 Å². The van der Waals surface area contributed by atoms with Gasteiger partial charge in [0, 0.05) is 0 Å². The standard InChI is InChI=1S/C16H32O/c1-13(2)10-14(3)11-16(17)12-15-8-6-4-5-7-9-15/h13-17H,4-12H2,1-3H3. The SMILES string of the molecule is CC(C)CC(C)CC(O)CC1CCCCCC1. The Labute approximate surface area is 108 Å². The van der Waals surface area contributed by atoms with Crippen LogP contribution >= 0.6 is 0 Å². The van der Waals surface area contributed by atoms with E-state index in [0.717, 1.165) is 24.7 Å². The Morgan fingerprint density at radius 1 is 0.941 bits per heavy atom. The van der Waals surface area contributed by atoms with Crippen LogP contribution in [0.25, 0.3) is 0 Å². The van der Waals surface area contributed by atoms with Crippen LogP contribution in [-0.4, -0.2) is 11.2 Å². The van der Waals surface area contributed by atoms with E-state index >= 15 is 0 Å². The first kappa shape index (κ1) is 15.0. The van der Waals surface area contributed by atoms with Gasteiger partial charge in [0.05, 0.1) is 6.10 Å². The molecule has 102 valence electrons. The zero-order chi connectivity index (χ0) is 12.7. The van der Waals surface area contributed by atoms with Crippen LogP contribution < -0.4 is 0 Å². The fraction of sp³-hybridized carbons (Fsp3) is 1.00. The Bertz CT molecular complexity index is 180. The summed E-state index contributed by atoms with van der Waals surface area (Å²) in [7, 11) is 0. The third-order valence-corrected chi connectivity index (χ3v) is 4.13. The van der Waals surface area contributed by atoms with Crippen LogP contribution in [0.3, 0.4) is 0 Å². The highest BCUT2D eigenvalue weighted by Gasteiger charge is 2.18. The van der Waals surface area contributed by atoms with Gasteiger partial charge in [-0.05, 0) is 37.0 Å². The summed E-state index contributed by atoms with van der Waals surface area (Å²) in [6.45, 7) is 6.83. The molecule has 1 N–H and O–H groups in total. The highest BCUT2D eigenvalue weighted by molar-refractivity contribution is 4.71. The molecule has 0 aromatic rings. The number of rotatable bonds is 6. The van der Waals surface area contributed by atoms with Crippen molar-refractivity contribution in [2.75, 3.05) is 0 Å². The van der Waals surface area contributed by atoms with Crippen LogP contribution in [0.2, 0.25) is 0 Å². The molecule has 1 aliphatic rings. The highest BCUT2D eigenvalue weighted by atomic mass is 16.3. The normalized spacial score (nSPS) is 22.4. The maximum atomic E-state index is 10.2. The summed E-state index contributed by atoms with van der Waals surface area (Å²) in [6, 6.07) is 0. The lowest BCUT2D eigenvalue weighted by Crippen LogP contribution is -2.17. The molecule has 0 heterocycles. The predicted octanol–water partition coefficient (Wildman–Crippen LogP) is 4.78. The summed E-state index contributed by atoms with van der Waals surface area (Å²) < 4.78 is 0. The molecule has 1 saturated carbocycles. The van der Waals surface area contributed by atoms with Gasteiger partial charge in [-0.1, -0.05) is 59.3 Å². The fourth-order valence-corrected chi connectivity index (χ4v) is 3.45. The van der Waals surface area contributed by atoms with Crippen LogP contribution in [0.4, 0.5) is 0 Å². The van der Waals surface area contributed by atoms with Crippen molar-refractivity contribution in [3.05, 3.63) is 0 Å². The van der Waals surface area contributed by atoms with Gasteiger partial charge in [-0.25, -0.2) is 0 Å². The minimum atomic E-state index is -0.0492. The molecule has 2 unspecified atom stereocenters. The summed E-state index contributed by atoms with van der Waals surface area (Å²) in [4.78, 5) is 0. The third kappa shape index (κ3) is 7.08. The molecule has 0 aromatic carbocycles. The highest BCUT2D eigenvalue weighted by Crippen LogP contribution is 2.28. The molecule has 0 aliphatic heterocycles. The van der Waals surface area contributed by atoms with Crippen molar-refractivity contribution in [3.8, 4) is 0 Å². The average Bonchev–Trinajstić information content (AvgIpc) is 2.44. The molecule has 1 fully saturated rings. The molecule has 1 heteroatoms. The second kappa shape index (κ2) is 8.13. The predicted molar refractivity (Wildman–Crippen MR) is 75.1 cm³/mol. The minimum absolute atomic E-state index is 0.0492. The zero-order valence-electron chi connectivity index (χ0n) is 12.1. The summed E-state index contributed by atoms with van der Waals surface area (Å²) in [6.07, 6.45) is 11.6. The van der Waals surface area contributed by atoms with E-state index in [1.807, 2.05) is 0 Å². The average molecular weight is 240 g/mol. The first-order valence-corrected chi connectivity index (χ1v) is 7.76. The summed E-state index contributed by atoms with van der Waals surface area (Å²) in [5.41, 5.74) is 0. The molecule has 0 amide bonds. The van der Waals surface area contributed by atoms with Crippen LogP contribution in [0, 0.1) is 17.8 Å². The molecule has 0 saturated heterocycles. The molecule has 0 aromatic heterocycles.